The number of rotatable bonds is 3. The van der Waals surface area contributed by atoms with Gasteiger partial charge in [0.25, 0.3) is 0 Å². The number of hydrogen-bond acceptors (Lipinski definition) is 2. The SMILES string of the molecule is Cl.[O-][NH+](O)CCc1ccccc1. The lowest BCUT2D eigenvalue weighted by Gasteiger charge is -2.11. The van der Waals surface area contributed by atoms with Gasteiger partial charge in [0.05, 0.1) is 0 Å². The zero-order valence-corrected chi connectivity index (χ0v) is 7.38. The summed E-state index contributed by atoms with van der Waals surface area (Å²) in [6.07, 6.45) is 0.621. The minimum Gasteiger partial charge on any atom is -0.600 e. The predicted molar refractivity (Wildman–Crippen MR) is 48.4 cm³/mol. The molecule has 1 unspecified atom stereocenters. The Labute approximate surface area is 77.6 Å². The van der Waals surface area contributed by atoms with Crippen LogP contribution in [0.5, 0.6) is 0 Å². The zero-order valence-electron chi connectivity index (χ0n) is 6.56. The number of hydroxylamine groups is 2. The average Bonchev–Trinajstić information content (AvgIpc) is 2.03. The Bertz CT molecular complexity index is 203. The van der Waals surface area contributed by atoms with Gasteiger partial charge in [0.2, 0.25) is 0 Å². The number of halogens is 1. The van der Waals surface area contributed by atoms with E-state index in [0.29, 0.717) is 6.42 Å². The molecule has 4 heteroatoms. The van der Waals surface area contributed by atoms with Crippen LogP contribution >= 0.6 is 12.4 Å². The van der Waals surface area contributed by atoms with Crippen LogP contribution in [0.15, 0.2) is 30.3 Å². The fourth-order valence-corrected chi connectivity index (χ4v) is 0.896. The molecule has 0 aromatic heterocycles. The Morgan fingerprint density at radius 1 is 1.25 bits per heavy atom. The molecule has 0 saturated heterocycles. The van der Waals surface area contributed by atoms with E-state index in [1.54, 1.807) is 0 Å². The Hall–Kier alpha value is -0.610. The van der Waals surface area contributed by atoms with Crippen LogP contribution in [-0.2, 0) is 6.42 Å². The third kappa shape index (κ3) is 4.31. The molecule has 12 heavy (non-hydrogen) atoms. The molecule has 1 aromatic carbocycles. The lowest BCUT2D eigenvalue weighted by atomic mass is 10.2. The van der Waals surface area contributed by atoms with E-state index in [-0.39, 0.29) is 19.0 Å². The summed E-state index contributed by atoms with van der Waals surface area (Å²) in [6.45, 7) is 0.212. The van der Waals surface area contributed by atoms with Gasteiger partial charge in [-0.3, -0.25) is 0 Å². The molecule has 0 aliphatic carbocycles. The second kappa shape index (κ2) is 5.97. The standard InChI is InChI=1S/C8H11NO2.ClH/c10-9(11)7-6-8-4-2-1-3-5-8;/h1-5,9-10H,6-7H2;1H. The Kier molecular flexibility index (Phi) is 5.66. The molecule has 0 saturated carbocycles. The predicted octanol–water partition coefficient (Wildman–Crippen LogP) is 0.423. The highest BCUT2D eigenvalue weighted by Crippen LogP contribution is 1.96. The first-order chi connectivity index (χ1) is 5.29. The Morgan fingerprint density at radius 2 is 1.83 bits per heavy atom. The van der Waals surface area contributed by atoms with E-state index in [4.69, 9.17) is 5.21 Å². The molecule has 1 aromatic rings. The van der Waals surface area contributed by atoms with Crippen molar-refractivity contribution in [3.63, 3.8) is 0 Å². The van der Waals surface area contributed by atoms with Crippen molar-refractivity contribution in [1.82, 2.24) is 0 Å². The summed E-state index contributed by atoms with van der Waals surface area (Å²) in [7, 11) is 0. The smallest absolute Gasteiger partial charge is 0.111 e. The van der Waals surface area contributed by atoms with Gasteiger partial charge in [0, 0.05) is 6.42 Å². The average molecular weight is 190 g/mol. The van der Waals surface area contributed by atoms with Gasteiger partial charge in [-0.2, -0.15) is 0 Å². The number of quaternary nitrogens is 1. The monoisotopic (exact) mass is 189 g/mol. The Morgan fingerprint density at radius 3 is 2.33 bits per heavy atom. The highest BCUT2D eigenvalue weighted by molar-refractivity contribution is 5.85. The first kappa shape index (κ1) is 11.4. The van der Waals surface area contributed by atoms with E-state index in [1.165, 1.54) is 0 Å². The van der Waals surface area contributed by atoms with E-state index >= 15 is 0 Å². The molecule has 0 radical (unpaired) electrons. The van der Waals surface area contributed by atoms with Gasteiger partial charge in [-0.15, -0.1) is 12.4 Å². The van der Waals surface area contributed by atoms with E-state index in [2.05, 4.69) is 0 Å². The molecule has 0 fully saturated rings. The van der Waals surface area contributed by atoms with Crippen LogP contribution in [0, 0.1) is 5.21 Å². The van der Waals surface area contributed by atoms with E-state index in [1.807, 2.05) is 30.3 Å². The normalized spacial score (nSPS) is 11.8. The molecule has 68 valence electrons. The minimum absolute atomic E-state index is 0. The third-order valence-corrected chi connectivity index (χ3v) is 1.47. The van der Waals surface area contributed by atoms with Crippen molar-refractivity contribution >= 4 is 12.4 Å². The van der Waals surface area contributed by atoms with Gasteiger partial charge in [-0.1, -0.05) is 30.3 Å². The van der Waals surface area contributed by atoms with Crippen LogP contribution in [0.4, 0.5) is 0 Å². The maximum absolute atomic E-state index is 10.2. The maximum atomic E-state index is 10.2. The number of nitrogens with one attached hydrogen (secondary N) is 1. The second-order valence-corrected chi connectivity index (χ2v) is 2.38. The number of hydrogen-bond donors (Lipinski definition) is 2. The Balaban J connectivity index is 0.00000121. The highest BCUT2D eigenvalue weighted by atomic mass is 35.5. The molecule has 0 aliphatic heterocycles. The van der Waals surface area contributed by atoms with Gasteiger partial charge in [-0.25, -0.2) is 10.4 Å². The van der Waals surface area contributed by atoms with Crippen molar-refractivity contribution in [3.8, 4) is 0 Å². The zero-order chi connectivity index (χ0) is 8.10. The summed E-state index contributed by atoms with van der Waals surface area (Å²) in [5, 5.41) is 17.8. The van der Waals surface area contributed by atoms with Gasteiger partial charge < -0.3 is 5.21 Å². The third-order valence-electron chi connectivity index (χ3n) is 1.47. The molecule has 1 rings (SSSR count). The molecule has 3 nitrogen and oxygen atoms in total. The summed E-state index contributed by atoms with van der Waals surface area (Å²) < 4.78 is 0. The lowest BCUT2D eigenvalue weighted by molar-refractivity contribution is -1.05. The number of benzene rings is 1. The highest BCUT2D eigenvalue weighted by Gasteiger charge is 1.93. The van der Waals surface area contributed by atoms with Gasteiger partial charge in [-0.05, 0) is 5.56 Å². The fourth-order valence-electron chi connectivity index (χ4n) is 0.896. The summed E-state index contributed by atoms with van der Waals surface area (Å²) in [6, 6.07) is 9.62. The quantitative estimate of drug-likeness (QED) is 0.678. The summed E-state index contributed by atoms with van der Waals surface area (Å²) in [4.78, 5) is 0. The molecular formula is C8H12ClNO2. The summed E-state index contributed by atoms with van der Waals surface area (Å²) in [5.41, 5.74) is 1.08. The van der Waals surface area contributed by atoms with Crippen LogP contribution in [-0.4, -0.2) is 11.8 Å². The molecule has 0 amide bonds. The fraction of sp³-hybridized carbons (Fsp3) is 0.250. The lowest BCUT2D eigenvalue weighted by Crippen LogP contribution is -3.04. The topological polar surface area (TPSA) is 47.7 Å². The van der Waals surface area contributed by atoms with Crippen molar-refractivity contribution in [2.45, 2.75) is 6.42 Å². The minimum atomic E-state index is -0.742. The van der Waals surface area contributed by atoms with Crippen molar-refractivity contribution in [3.05, 3.63) is 41.1 Å². The van der Waals surface area contributed by atoms with E-state index in [0.717, 1.165) is 5.56 Å². The van der Waals surface area contributed by atoms with E-state index in [9.17, 15) is 5.21 Å². The van der Waals surface area contributed by atoms with Crippen LogP contribution in [0.3, 0.4) is 0 Å². The van der Waals surface area contributed by atoms with Crippen molar-refractivity contribution in [1.29, 1.82) is 0 Å². The molecular weight excluding hydrogens is 178 g/mol. The molecule has 0 heterocycles. The largest absolute Gasteiger partial charge is 0.600 e. The summed E-state index contributed by atoms with van der Waals surface area (Å²) in [5.74, 6) is 0. The molecule has 1 atom stereocenters. The van der Waals surface area contributed by atoms with Crippen LogP contribution < -0.4 is 5.23 Å². The molecule has 2 N–H and O–H groups in total. The maximum Gasteiger partial charge on any atom is 0.111 e. The van der Waals surface area contributed by atoms with Gasteiger partial charge in [0.1, 0.15) is 6.54 Å². The van der Waals surface area contributed by atoms with Gasteiger partial charge in [0.15, 0.2) is 0 Å². The first-order valence-corrected chi connectivity index (χ1v) is 3.55. The van der Waals surface area contributed by atoms with Crippen molar-refractivity contribution in [2.75, 3.05) is 6.54 Å². The van der Waals surface area contributed by atoms with Crippen molar-refractivity contribution in [2.24, 2.45) is 0 Å². The van der Waals surface area contributed by atoms with Crippen molar-refractivity contribution < 1.29 is 10.4 Å². The summed E-state index contributed by atoms with van der Waals surface area (Å²) >= 11 is 0. The molecule has 0 aliphatic rings. The first-order valence-electron chi connectivity index (χ1n) is 3.55. The van der Waals surface area contributed by atoms with Crippen LogP contribution in [0.2, 0.25) is 0 Å². The van der Waals surface area contributed by atoms with Crippen LogP contribution in [0.1, 0.15) is 5.56 Å². The van der Waals surface area contributed by atoms with Gasteiger partial charge >= 0.3 is 0 Å². The van der Waals surface area contributed by atoms with E-state index < -0.39 is 5.23 Å². The molecule has 0 bridgehead atoms. The molecule has 0 spiro atoms. The second-order valence-electron chi connectivity index (χ2n) is 2.38. The van der Waals surface area contributed by atoms with Crippen LogP contribution in [0.25, 0.3) is 0 Å².